The minimum atomic E-state index is -1.41. The minimum Gasteiger partial charge on any atom is -0.507 e. The number of nitrogens with zero attached hydrogens (tertiary/aromatic N) is 2. The van der Waals surface area contributed by atoms with Gasteiger partial charge in [-0.05, 0) is 92.6 Å². The van der Waals surface area contributed by atoms with E-state index in [4.69, 9.17) is 22.6 Å². The summed E-state index contributed by atoms with van der Waals surface area (Å²) >= 11 is 0. The molecule has 0 saturated heterocycles. The zero-order valence-electron chi connectivity index (χ0n) is 38.1. The topological polar surface area (TPSA) is 231 Å². The number of terminal acetylenes is 1. The fourth-order valence-corrected chi connectivity index (χ4v) is 7.33. The summed E-state index contributed by atoms with van der Waals surface area (Å²) in [5.74, 6) is -0.755. The van der Waals surface area contributed by atoms with Crippen LogP contribution in [-0.2, 0) is 35.8 Å². The van der Waals surface area contributed by atoms with E-state index in [9.17, 15) is 29.1 Å². The first kappa shape index (κ1) is 49.9. The fraction of sp³-hybridized carbons (Fsp3) is 0.388. The van der Waals surface area contributed by atoms with Crippen LogP contribution in [0.1, 0.15) is 83.2 Å². The van der Waals surface area contributed by atoms with Crippen molar-refractivity contribution in [1.29, 1.82) is 0 Å². The number of aliphatic imine (C=N–C) groups is 1. The summed E-state index contributed by atoms with van der Waals surface area (Å²) in [6, 6.07) is 12.5. The SMILES string of the molecule is C#CCNC(=O)C1Cc2ccc(O)c(c2)-c2cc(ccc2OCCN)C(N(C)C(=O)[C@H](CCN)NC(=O)C(C(C)=NC(=C)c2ccc(C(C)(C)C)cc2)=C(C)C)C(=O)N[C@@H](C)C(=O)N1. The number of nitrogens with one attached hydrogen (secondary N) is 4. The van der Waals surface area contributed by atoms with Gasteiger partial charge in [0.2, 0.25) is 23.6 Å². The number of phenolic OH excluding ortho intramolecular Hbond substituents is 1. The van der Waals surface area contributed by atoms with Gasteiger partial charge in [0.25, 0.3) is 5.91 Å². The number of allylic oxidation sites excluding steroid dienone is 1. The Balaban J connectivity index is 1.77. The third-order valence-electron chi connectivity index (χ3n) is 10.8. The first-order valence-corrected chi connectivity index (χ1v) is 21.1. The molecule has 2 unspecified atom stereocenters. The molecule has 0 aliphatic carbocycles. The van der Waals surface area contributed by atoms with Gasteiger partial charge in [-0.25, -0.2) is 0 Å². The van der Waals surface area contributed by atoms with Crippen LogP contribution in [0.25, 0.3) is 16.8 Å². The van der Waals surface area contributed by atoms with Crippen LogP contribution in [0.4, 0.5) is 0 Å². The molecule has 0 spiro atoms. The molecule has 3 aromatic rings. The normalized spacial score (nSPS) is 17.0. The molecule has 340 valence electrons. The van der Waals surface area contributed by atoms with E-state index in [2.05, 4.69) is 59.5 Å². The molecule has 1 aliphatic heterocycles. The summed E-state index contributed by atoms with van der Waals surface area (Å²) in [4.78, 5) is 76.1. The fourth-order valence-electron chi connectivity index (χ4n) is 7.33. The number of likely N-dealkylation sites (N-methyl/N-ethyl adjacent to an activating group) is 1. The van der Waals surface area contributed by atoms with E-state index in [1.54, 1.807) is 51.1 Å². The number of nitrogens with two attached hydrogens (primary N) is 2. The lowest BCUT2D eigenvalue weighted by molar-refractivity contribution is -0.142. The predicted octanol–water partition coefficient (Wildman–Crippen LogP) is 3.79. The molecule has 0 saturated carbocycles. The Hall–Kier alpha value is -6.76. The van der Waals surface area contributed by atoms with E-state index in [-0.39, 0.29) is 66.9 Å². The Kier molecular flexibility index (Phi) is 17.2. The Morgan fingerprint density at radius 1 is 1.00 bits per heavy atom. The van der Waals surface area contributed by atoms with E-state index in [0.717, 1.165) is 11.1 Å². The highest BCUT2D eigenvalue weighted by Gasteiger charge is 2.36. The monoisotopic (exact) mass is 874 g/mol. The van der Waals surface area contributed by atoms with Crippen molar-refractivity contribution in [3.05, 3.63) is 101 Å². The number of rotatable bonds is 14. The quantitative estimate of drug-likeness (QED) is 0.0709. The lowest BCUT2D eigenvalue weighted by atomic mass is 9.86. The maximum absolute atomic E-state index is 14.7. The first-order chi connectivity index (χ1) is 30.2. The molecule has 64 heavy (non-hydrogen) atoms. The lowest BCUT2D eigenvalue weighted by Crippen LogP contribution is -2.56. The molecule has 0 aromatic heterocycles. The molecule has 15 heteroatoms. The number of amides is 5. The first-order valence-electron chi connectivity index (χ1n) is 21.1. The Morgan fingerprint density at radius 2 is 1.69 bits per heavy atom. The number of ether oxygens (including phenoxy) is 1. The Morgan fingerprint density at radius 3 is 2.30 bits per heavy atom. The van der Waals surface area contributed by atoms with E-state index in [1.165, 1.54) is 24.9 Å². The van der Waals surface area contributed by atoms with Crippen LogP contribution in [-0.4, -0.2) is 96.7 Å². The van der Waals surface area contributed by atoms with Gasteiger partial charge in [0, 0.05) is 31.1 Å². The number of hydrogen-bond acceptors (Lipinski definition) is 10. The lowest BCUT2D eigenvalue weighted by Gasteiger charge is -2.32. The second-order valence-corrected chi connectivity index (χ2v) is 17.0. The molecular weight excluding hydrogens is 813 g/mol. The second kappa shape index (κ2) is 22.0. The molecule has 3 aromatic carbocycles. The van der Waals surface area contributed by atoms with Crippen LogP contribution in [0.3, 0.4) is 0 Å². The standard InChI is InChI=1S/C49H62N8O7/c1-11-23-52-45(60)39-26-32-12-18-40(58)36(25-32)37-27-34(15-19-41(37)64-24-22-51)43(47(62)54-31(6)44(59)56-39)57(10)48(63)38(20-21-50)55-46(61)42(28(2)3)30(5)53-29(4)33-13-16-35(17-14-33)49(7,8)9/h1,12-19,25,27,31,38-39,43,58H,4,20-24,26,50-51H2,2-3,5-10H3,(H,52,60)(H,54,62)(H,55,61)(H,56,59)/t31-,38-,39?,43?/m0/s1. The van der Waals surface area contributed by atoms with Crippen molar-refractivity contribution < 1.29 is 33.8 Å². The van der Waals surface area contributed by atoms with Crippen molar-refractivity contribution in [2.24, 2.45) is 16.5 Å². The van der Waals surface area contributed by atoms with Gasteiger partial charge in [0.05, 0.1) is 23.5 Å². The Bertz CT molecular complexity index is 2350. The maximum Gasteiger partial charge on any atom is 0.253 e. The molecule has 1 heterocycles. The van der Waals surface area contributed by atoms with E-state index in [0.29, 0.717) is 33.9 Å². The maximum atomic E-state index is 14.7. The summed E-state index contributed by atoms with van der Waals surface area (Å²) < 4.78 is 5.99. The summed E-state index contributed by atoms with van der Waals surface area (Å²) in [5.41, 5.74) is 16.9. The van der Waals surface area contributed by atoms with Gasteiger partial charge in [-0.1, -0.05) is 75.2 Å². The van der Waals surface area contributed by atoms with Gasteiger partial charge in [-0.3, -0.25) is 29.0 Å². The third-order valence-corrected chi connectivity index (χ3v) is 10.8. The smallest absolute Gasteiger partial charge is 0.253 e. The highest BCUT2D eigenvalue weighted by atomic mass is 16.5. The second-order valence-electron chi connectivity index (χ2n) is 17.0. The number of aromatic hydroxyl groups is 1. The van der Waals surface area contributed by atoms with Crippen molar-refractivity contribution in [3.8, 4) is 35.0 Å². The summed E-state index contributed by atoms with van der Waals surface area (Å²) in [6.07, 6.45) is 5.38. The van der Waals surface area contributed by atoms with Crippen molar-refractivity contribution in [3.63, 3.8) is 0 Å². The van der Waals surface area contributed by atoms with E-state index in [1.807, 2.05) is 24.3 Å². The number of benzene rings is 3. The van der Waals surface area contributed by atoms with Gasteiger partial charge in [0.1, 0.15) is 42.3 Å². The third kappa shape index (κ3) is 12.5. The molecule has 0 fully saturated rings. The predicted molar refractivity (Wildman–Crippen MR) is 250 cm³/mol. The number of fused-ring (bicyclic) bond motifs is 5. The summed E-state index contributed by atoms with van der Waals surface area (Å²) in [5, 5.41) is 22.1. The number of carbonyl (C=O) groups excluding carboxylic acids is 5. The molecular formula is C49H62N8O7. The highest BCUT2D eigenvalue weighted by molar-refractivity contribution is 6.22. The van der Waals surface area contributed by atoms with Crippen LogP contribution in [0.15, 0.2) is 83.4 Å². The average Bonchev–Trinajstić information content (AvgIpc) is 3.24. The largest absolute Gasteiger partial charge is 0.507 e. The Labute approximate surface area is 376 Å². The minimum absolute atomic E-state index is 0.000217. The van der Waals surface area contributed by atoms with Crippen molar-refractivity contribution >= 4 is 40.9 Å². The van der Waals surface area contributed by atoms with Crippen LogP contribution in [0.2, 0.25) is 0 Å². The average molecular weight is 875 g/mol. The van der Waals surface area contributed by atoms with Crippen molar-refractivity contribution in [2.75, 3.05) is 33.3 Å². The van der Waals surface area contributed by atoms with Gasteiger partial charge in [0.15, 0.2) is 0 Å². The van der Waals surface area contributed by atoms with Crippen LogP contribution < -0.4 is 37.5 Å². The van der Waals surface area contributed by atoms with E-state index >= 15 is 0 Å². The van der Waals surface area contributed by atoms with Crippen LogP contribution >= 0.6 is 0 Å². The van der Waals surface area contributed by atoms with Gasteiger partial charge in [-0.2, -0.15) is 0 Å². The molecule has 15 nitrogen and oxygen atoms in total. The van der Waals surface area contributed by atoms with Crippen molar-refractivity contribution in [2.45, 2.75) is 90.9 Å². The van der Waals surface area contributed by atoms with Crippen molar-refractivity contribution in [1.82, 2.24) is 26.2 Å². The number of carbonyl (C=O) groups is 5. The number of phenols is 1. The molecule has 4 bridgehead atoms. The summed E-state index contributed by atoms with van der Waals surface area (Å²) in [7, 11) is 1.40. The van der Waals surface area contributed by atoms with Gasteiger partial charge >= 0.3 is 0 Å². The van der Waals surface area contributed by atoms with Crippen LogP contribution in [0.5, 0.6) is 11.5 Å². The van der Waals surface area contributed by atoms with Gasteiger partial charge in [-0.15, -0.1) is 6.42 Å². The number of hydrogen-bond donors (Lipinski definition) is 7. The molecule has 5 amide bonds. The molecule has 1 aliphatic rings. The van der Waals surface area contributed by atoms with Gasteiger partial charge < -0.3 is 47.5 Å². The molecule has 4 rings (SSSR count). The molecule has 9 N–H and O–H groups in total. The zero-order valence-corrected chi connectivity index (χ0v) is 38.1. The van der Waals surface area contributed by atoms with Crippen LogP contribution in [0, 0.1) is 12.3 Å². The summed E-state index contributed by atoms with van der Waals surface area (Å²) in [6.45, 7) is 17.4. The molecule has 4 atom stereocenters. The molecule has 0 radical (unpaired) electrons. The van der Waals surface area contributed by atoms with E-state index < -0.39 is 53.7 Å². The highest BCUT2D eigenvalue weighted by Crippen LogP contribution is 2.39. The zero-order chi connectivity index (χ0) is 47.5.